The Morgan fingerprint density at radius 3 is 2.68 bits per heavy atom. The first-order valence-electron chi connectivity index (χ1n) is 8.74. The average molecular weight is 335 g/mol. The van der Waals surface area contributed by atoms with Crippen molar-refractivity contribution >= 4 is 16.6 Å². The number of hydrogen-bond donors (Lipinski definition) is 1. The molecule has 5 nitrogen and oxygen atoms in total. The zero-order valence-corrected chi connectivity index (χ0v) is 14.2. The summed E-state index contributed by atoms with van der Waals surface area (Å²) in [5.74, 6) is 0. The minimum absolute atomic E-state index is 0.146. The topological polar surface area (TPSA) is 62.2 Å². The van der Waals surface area contributed by atoms with Crippen LogP contribution < -0.4 is 0 Å². The Labute approximate surface area is 146 Å². The zero-order chi connectivity index (χ0) is 17.4. The van der Waals surface area contributed by atoms with Crippen LogP contribution in [0.1, 0.15) is 36.2 Å². The Kier molecular flexibility index (Phi) is 4.01. The van der Waals surface area contributed by atoms with E-state index in [4.69, 9.17) is 0 Å². The number of nitro groups is 1. The molecule has 25 heavy (non-hydrogen) atoms. The molecule has 0 saturated carbocycles. The molecule has 0 saturated heterocycles. The smallest absolute Gasteiger partial charge is 0.269 e. The van der Waals surface area contributed by atoms with Crippen molar-refractivity contribution in [1.82, 2.24) is 9.88 Å². The normalized spacial score (nSPS) is 17.6. The summed E-state index contributed by atoms with van der Waals surface area (Å²) in [6, 6.07) is 15.8. The minimum Gasteiger partial charge on any atom is -0.357 e. The molecule has 1 aliphatic heterocycles. The highest BCUT2D eigenvalue weighted by atomic mass is 16.6. The fourth-order valence-corrected chi connectivity index (χ4v) is 3.98. The molecule has 1 N–H and O–H groups in total. The van der Waals surface area contributed by atoms with Crippen molar-refractivity contribution < 1.29 is 4.92 Å². The molecule has 0 radical (unpaired) electrons. The molecule has 0 bridgehead atoms. The number of hydrogen-bond acceptors (Lipinski definition) is 3. The second-order valence-electron chi connectivity index (χ2n) is 6.63. The van der Waals surface area contributed by atoms with Crippen LogP contribution in [0.3, 0.4) is 0 Å². The molecule has 3 aromatic rings. The summed E-state index contributed by atoms with van der Waals surface area (Å²) in [5.41, 5.74) is 5.25. The molecule has 1 aliphatic rings. The molecule has 0 amide bonds. The van der Waals surface area contributed by atoms with Crippen molar-refractivity contribution in [2.45, 2.75) is 32.4 Å². The van der Waals surface area contributed by atoms with Gasteiger partial charge in [-0.2, -0.15) is 0 Å². The molecule has 4 rings (SSSR count). The first-order valence-corrected chi connectivity index (χ1v) is 8.74. The highest BCUT2D eigenvalue weighted by Gasteiger charge is 2.29. The lowest BCUT2D eigenvalue weighted by Crippen LogP contribution is -2.34. The van der Waals surface area contributed by atoms with Crippen LogP contribution in [0.15, 0.2) is 48.5 Å². The van der Waals surface area contributed by atoms with E-state index >= 15 is 0 Å². The van der Waals surface area contributed by atoms with Gasteiger partial charge in [0.05, 0.1) is 11.0 Å². The van der Waals surface area contributed by atoms with Gasteiger partial charge < -0.3 is 4.98 Å². The predicted octanol–water partition coefficient (Wildman–Crippen LogP) is 4.59. The standard InChI is InChI=1S/C20H21N3O2/c1-2-19-20-17(16-5-3-4-6-18(16)21-20)11-12-22(19)13-14-7-9-15(10-8-14)23(24)25/h3-10,19,21H,2,11-13H2,1H3. The number of aromatic nitrogens is 1. The van der Waals surface area contributed by atoms with Crippen LogP contribution in [-0.2, 0) is 13.0 Å². The lowest BCUT2D eigenvalue weighted by atomic mass is 9.95. The van der Waals surface area contributed by atoms with Gasteiger partial charge in [0.15, 0.2) is 0 Å². The maximum absolute atomic E-state index is 10.8. The second kappa shape index (κ2) is 6.33. The maximum Gasteiger partial charge on any atom is 0.269 e. The quantitative estimate of drug-likeness (QED) is 0.560. The molecule has 1 unspecified atom stereocenters. The third kappa shape index (κ3) is 2.81. The largest absolute Gasteiger partial charge is 0.357 e. The van der Waals surface area contributed by atoms with Crippen LogP contribution in [0.25, 0.3) is 10.9 Å². The van der Waals surface area contributed by atoms with Gasteiger partial charge in [0.1, 0.15) is 0 Å². The molecule has 5 heteroatoms. The molecule has 1 aromatic heterocycles. The van der Waals surface area contributed by atoms with Crippen LogP contribution in [0.2, 0.25) is 0 Å². The lowest BCUT2D eigenvalue weighted by Gasteiger charge is -2.35. The van der Waals surface area contributed by atoms with Crippen molar-refractivity contribution in [3.63, 3.8) is 0 Å². The summed E-state index contributed by atoms with van der Waals surface area (Å²) in [6.45, 7) is 4.03. The van der Waals surface area contributed by atoms with Crippen molar-refractivity contribution in [2.24, 2.45) is 0 Å². The van der Waals surface area contributed by atoms with Gasteiger partial charge in [-0.15, -0.1) is 0 Å². The first-order chi connectivity index (χ1) is 12.2. The molecule has 0 fully saturated rings. The third-order valence-electron chi connectivity index (χ3n) is 5.19. The SMILES string of the molecule is CCC1c2[nH]c3ccccc3c2CCN1Cc1ccc([N+](=O)[O-])cc1. The molecular weight excluding hydrogens is 314 g/mol. The Morgan fingerprint density at radius 2 is 1.96 bits per heavy atom. The number of fused-ring (bicyclic) bond motifs is 3. The molecule has 128 valence electrons. The van der Waals surface area contributed by atoms with Crippen LogP contribution in [-0.4, -0.2) is 21.4 Å². The monoisotopic (exact) mass is 335 g/mol. The molecule has 0 aliphatic carbocycles. The Balaban J connectivity index is 1.62. The zero-order valence-electron chi connectivity index (χ0n) is 14.2. The number of non-ortho nitro benzene ring substituents is 1. The van der Waals surface area contributed by atoms with Gasteiger partial charge in [-0.1, -0.05) is 37.3 Å². The highest BCUT2D eigenvalue weighted by molar-refractivity contribution is 5.85. The van der Waals surface area contributed by atoms with E-state index in [0.29, 0.717) is 6.04 Å². The van der Waals surface area contributed by atoms with Gasteiger partial charge in [-0.25, -0.2) is 0 Å². The van der Waals surface area contributed by atoms with E-state index in [1.54, 1.807) is 12.1 Å². The number of nitrogens with zero attached hydrogens (tertiary/aromatic N) is 2. The Hall–Kier alpha value is -2.66. The molecule has 2 aromatic carbocycles. The first kappa shape index (κ1) is 15.8. The lowest BCUT2D eigenvalue weighted by molar-refractivity contribution is -0.384. The van der Waals surface area contributed by atoms with E-state index in [2.05, 4.69) is 41.1 Å². The van der Waals surface area contributed by atoms with E-state index in [1.807, 2.05) is 12.1 Å². The molecule has 2 heterocycles. The van der Waals surface area contributed by atoms with E-state index in [0.717, 1.165) is 31.5 Å². The van der Waals surface area contributed by atoms with E-state index in [1.165, 1.54) is 22.2 Å². The van der Waals surface area contributed by atoms with Crippen LogP contribution in [0.4, 0.5) is 5.69 Å². The van der Waals surface area contributed by atoms with Crippen molar-refractivity contribution in [3.8, 4) is 0 Å². The number of aromatic amines is 1. The third-order valence-corrected chi connectivity index (χ3v) is 5.19. The van der Waals surface area contributed by atoms with E-state index < -0.39 is 0 Å². The van der Waals surface area contributed by atoms with E-state index in [9.17, 15) is 10.1 Å². The summed E-state index contributed by atoms with van der Waals surface area (Å²) in [5, 5.41) is 12.2. The van der Waals surface area contributed by atoms with Gasteiger partial charge >= 0.3 is 0 Å². The van der Waals surface area contributed by atoms with Crippen LogP contribution in [0, 0.1) is 10.1 Å². The Morgan fingerprint density at radius 1 is 1.20 bits per heavy atom. The summed E-state index contributed by atoms with van der Waals surface area (Å²) in [6.07, 6.45) is 2.07. The minimum atomic E-state index is -0.351. The van der Waals surface area contributed by atoms with Crippen LogP contribution in [0.5, 0.6) is 0 Å². The fraction of sp³-hybridized carbons (Fsp3) is 0.300. The average Bonchev–Trinajstić information content (AvgIpc) is 3.00. The molecule has 1 atom stereocenters. The van der Waals surface area contributed by atoms with Crippen molar-refractivity contribution in [1.29, 1.82) is 0 Å². The van der Waals surface area contributed by atoms with Gasteiger partial charge in [-0.3, -0.25) is 15.0 Å². The van der Waals surface area contributed by atoms with Gasteiger partial charge in [-0.05, 0) is 30.0 Å². The Bertz CT molecular complexity index is 914. The fourth-order valence-electron chi connectivity index (χ4n) is 3.98. The number of rotatable bonds is 4. The molecule has 0 spiro atoms. The van der Waals surface area contributed by atoms with Gasteiger partial charge in [0, 0.05) is 41.8 Å². The number of para-hydroxylation sites is 1. The number of nitro benzene ring substituents is 1. The maximum atomic E-state index is 10.8. The number of nitrogens with one attached hydrogen (secondary N) is 1. The summed E-state index contributed by atoms with van der Waals surface area (Å²) in [7, 11) is 0. The summed E-state index contributed by atoms with van der Waals surface area (Å²) < 4.78 is 0. The number of benzene rings is 2. The van der Waals surface area contributed by atoms with E-state index in [-0.39, 0.29) is 10.6 Å². The number of H-pyrrole nitrogens is 1. The van der Waals surface area contributed by atoms with Crippen molar-refractivity contribution in [3.05, 3.63) is 75.5 Å². The van der Waals surface area contributed by atoms with Gasteiger partial charge in [0.2, 0.25) is 0 Å². The van der Waals surface area contributed by atoms with Crippen molar-refractivity contribution in [2.75, 3.05) is 6.54 Å². The van der Waals surface area contributed by atoms with Crippen LogP contribution >= 0.6 is 0 Å². The highest BCUT2D eigenvalue weighted by Crippen LogP contribution is 2.36. The predicted molar refractivity (Wildman–Crippen MR) is 98.5 cm³/mol. The summed E-state index contributed by atoms with van der Waals surface area (Å²) in [4.78, 5) is 16.6. The second-order valence-corrected chi connectivity index (χ2v) is 6.63. The molecular formula is C20H21N3O2. The summed E-state index contributed by atoms with van der Waals surface area (Å²) >= 11 is 0. The van der Waals surface area contributed by atoms with Gasteiger partial charge in [0.25, 0.3) is 5.69 Å².